The Hall–Kier alpha value is -2.83. The maximum atomic E-state index is 11.1. The number of nitrogens with one attached hydrogen (secondary N) is 1. The largest absolute Gasteiger partial charge is 0.491 e. The molecule has 5 N–H and O–H groups in total. The molecule has 3 aromatic rings. The number of aromatic amines is 1. The van der Waals surface area contributed by atoms with Crippen LogP contribution in [0.15, 0.2) is 48.7 Å². The third kappa shape index (κ3) is 2.77. The van der Waals surface area contributed by atoms with Crippen molar-refractivity contribution in [1.29, 1.82) is 0 Å². The first-order chi connectivity index (χ1) is 11.3. The molecule has 0 spiro atoms. The van der Waals surface area contributed by atoms with Crippen molar-refractivity contribution in [2.45, 2.75) is 0 Å². The molecule has 1 amide bonds. The van der Waals surface area contributed by atoms with Gasteiger partial charge in [0.05, 0.1) is 16.6 Å². The molecule has 2 aromatic carbocycles. The number of aromatic nitrogens is 1. The number of amides is 1. The van der Waals surface area contributed by atoms with Gasteiger partial charge in [-0.15, -0.1) is 0 Å². The summed E-state index contributed by atoms with van der Waals surface area (Å²) in [4.78, 5) is 14.2. The number of hydrogen-bond donors (Lipinski definition) is 3. The molecule has 3 rings (SSSR count). The number of benzene rings is 2. The molecule has 118 valence electrons. The van der Waals surface area contributed by atoms with Gasteiger partial charge < -0.3 is 15.5 Å². The first-order valence-electron chi connectivity index (χ1n) is 7.28. The van der Waals surface area contributed by atoms with Crippen LogP contribution in [0.2, 0.25) is 0 Å². The molecule has 1 heterocycles. The fourth-order valence-corrected chi connectivity index (χ4v) is 2.61. The second-order valence-electron chi connectivity index (χ2n) is 5.05. The smallest absolute Gasteiger partial charge is 0.228 e. The van der Waals surface area contributed by atoms with Crippen molar-refractivity contribution in [3.8, 4) is 16.9 Å². The topological polar surface area (TPSA) is 97.4 Å². The monoisotopic (exact) mass is 310 g/mol. The molecule has 1 aromatic heterocycles. The molecule has 6 heteroatoms. The lowest BCUT2D eigenvalue weighted by molar-refractivity contribution is -0.107. The molecular formula is C17H18N4O2. The first kappa shape index (κ1) is 15.1. The van der Waals surface area contributed by atoms with E-state index in [1.54, 1.807) is 6.20 Å². The number of nitrogens with zero attached hydrogens (tertiary/aromatic N) is 1. The van der Waals surface area contributed by atoms with Crippen LogP contribution in [0.3, 0.4) is 0 Å². The van der Waals surface area contributed by atoms with E-state index in [9.17, 15) is 4.79 Å². The summed E-state index contributed by atoms with van der Waals surface area (Å²) >= 11 is 0. The number of carbonyl (C=O) groups is 1. The maximum absolute atomic E-state index is 11.1. The number of hydrazine groups is 1. The maximum Gasteiger partial charge on any atom is 0.228 e. The van der Waals surface area contributed by atoms with Crippen molar-refractivity contribution in [2.24, 2.45) is 11.6 Å². The van der Waals surface area contributed by atoms with E-state index in [2.05, 4.69) is 4.98 Å². The molecule has 0 aliphatic carbocycles. The first-order valence-corrected chi connectivity index (χ1v) is 7.28. The Balaban J connectivity index is 2.22. The average Bonchev–Trinajstić information content (AvgIpc) is 3.05. The van der Waals surface area contributed by atoms with Crippen LogP contribution in [0.4, 0.5) is 5.69 Å². The summed E-state index contributed by atoms with van der Waals surface area (Å²) in [5.74, 6) is 6.39. The molecule has 0 saturated heterocycles. The summed E-state index contributed by atoms with van der Waals surface area (Å²) < 4.78 is 5.71. The predicted octanol–water partition coefficient (Wildman–Crippen LogP) is 2.01. The lowest BCUT2D eigenvalue weighted by atomic mass is 10.0. The van der Waals surface area contributed by atoms with Gasteiger partial charge in [0.2, 0.25) is 6.41 Å². The molecule has 0 fully saturated rings. The van der Waals surface area contributed by atoms with Crippen LogP contribution in [-0.4, -0.2) is 24.5 Å². The van der Waals surface area contributed by atoms with Crippen LogP contribution < -0.4 is 21.3 Å². The van der Waals surface area contributed by atoms with E-state index in [-0.39, 0.29) is 0 Å². The number of ether oxygens (including phenoxy) is 1. The number of rotatable bonds is 6. The third-order valence-corrected chi connectivity index (χ3v) is 3.63. The zero-order chi connectivity index (χ0) is 16.2. The van der Waals surface area contributed by atoms with Crippen LogP contribution in [-0.2, 0) is 4.79 Å². The summed E-state index contributed by atoms with van der Waals surface area (Å²) in [6, 6.07) is 13.8. The van der Waals surface area contributed by atoms with Crippen LogP contribution in [0, 0.1) is 0 Å². The predicted molar refractivity (Wildman–Crippen MR) is 91.0 cm³/mol. The summed E-state index contributed by atoms with van der Waals surface area (Å²) in [6.07, 6.45) is 2.26. The molecule has 0 aliphatic rings. The van der Waals surface area contributed by atoms with E-state index in [0.29, 0.717) is 31.0 Å². The molecular weight excluding hydrogens is 292 g/mol. The van der Waals surface area contributed by atoms with Gasteiger partial charge in [-0.05, 0) is 17.7 Å². The van der Waals surface area contributed by atoms with E-state index in [4.69, 9.17) is 16.3 Å². The van der Waals surface area contributed by atoms with Gasteiger partial charge in [-0.2, -0.15) is 0 Å². The highest BCUT2D eigenvalue weighted by Gasteiger charge is 2.17. The minimum absolute atomic E-state index is 0.385. The average molecular weight is 310 g/mol. The minimum atomic E-state index is 0.385. The second kappa shape index (κ2) is 6.51. The zero-order valence-electron chi connectivity index (χ0n) is 12.5. The third-order valence-electron chi connectivity index (χ3n) is 3.63. The van der Waals surface area contributed by atoms with Crippen molar-refractivity contribution >= 4 is 23.0 Å². The van der Waals surface area contributed by atoms with Gasteiger partial charge in [0.1, 0.15) is 12.4 Å². The quantitative estimate of drug-likeness (QED) is 0.281. The molecule has 23 heavy (non-hydrogen) atoms. The highest BCUT2D eigenvalue weighted by molar-refractivity contribution is 6.07. The highest BCUT2D eigenvalue weighted by Crippen LogP contribution is 2.39. The van der Waals surface area contributed by atoms with Crippen molar-refractivity contribution < 1.29 is 9.53 Å². The highest BCUT2D eigenvalue weighted by atomic mass is 16.5. The fourth-order valence-electron chi connectivity index (χ4n) is 2.61. The van der Waals surface area contributed by atoms with Crippen LogP contribution in [0.5, 0.6) is 5.75 Å². The van der Waals surface area contributed by atoms with Gasteiger partial charge in [-0.1, -0.05) is 30.3 Å². The van der Waals surface area contributed by atoms with E-state index in [1.807, 2.05) is 42.5 Å². The minimum Gasteiger partial charge on any atom is -0.491 e. The number of nitrogens with two attached hydrogens (primary N) is 2. The van der Waals surface area contributed by atoms with Gasteiger partial charge in [0.15, 0.2) is 0 Å². The normalized spacial score (nSPS) is 10.7. The van der Waals surface area contributed by atoms with E-state index in [0.717, 1.165) is 27.0 Å². The standard InChI is InChI=1S/C17H18N4O2/c18-8-9-23-15-7-6-13(12-4-2-1-3-5-12)17-16(15)14(10-20-17)21(19)11-22/h1-7,10-11,20H,8-9,18-19H2. The van der Waals surface area contributed by atoms with Crippen LogP contribution >= 0.6 is 0 Å². The Morgan fingerprint density at radius 3 is 2.65 bits per heavy atom. The lowest BCUT2D eigenvalue weighted by Gasteiger charge is -2.13. The Bertz CT molecular complexity index is 814. The summed E-state index contributed by atoms with van der Waals surface area (Å²) in [5.41, 5.74) is 9.00. The van der Waals surface area contributed by atoms with Crippen molar-refractivity contribution in [3.63, 3.8) is 0 Å². The Morgan fingerprint density at radius 2 is 1.96 bits per heavy atom. The van der Waals surface area contributed by atoms with E-state index >= 15 is 0 Å². The number of H-pyrrole nitrogens is 1. The van der Waals surface area contributed by atoms with Gasteiger partial charge in [-0.25, -0.2) is 10.9 Å². The SMILES string of the molecule is NCCOc1ccc(-c2ccccc2)c2[nH]cc(N(N)C=O)c12. The van der Waals surface area contributed by atoms with Crippen molar-refractivity contribution in [1.82, 2.24) is 4.98 Å². The van der Waals surface area contributed by atoms with Crippen molar-refractivity contribution in [2.75, 3.05) is 18.2 Å². The fraction of sp³-hybridized carbons (Fsp3) is 0.118. The summed E-state index contributed by atoms with van der Waals surface area (Å²) in [7, 11) is 0. The molecule has 0 saturated carbocycles. The lowest BCUT2D eigenvalue weighted by Crippen LogP contribution is -2.28. The van der Waals surface area contributed by atoms with E-state index < -0.39 is 0 Å². The summed E-state index contributed by atoms with van der Waals surface area (Å²) in [5, 5.41) is 1.79. The Kier molecular flexibility index (Phi) is 4.27. The molecule has 0 aliphatic heterocycles. The van der Waals surface area contributed by atoms with E-state index in [1.165, 1.54) is 0 Å². The van der Waals surface area contributed by atoms with Crippen LogP contribution in [0.25, 0.3) is 22.0 Å². The molecule has 0 atom stereocenters. The van der Waals surface area contributed by atoms with Gasteiger partial charge >= 0.3 is 0 Å². The molecule has 0 bridgehead atoms. The van der Waals surface area contributed by atoms with Crippen LogP contribution in [0.1, 0.15) is 0 Å². The Labute approximate surface area is 133 Å². The van der Waals surface area contributed by atoms with Gasteiger partial charge in [0, 0.05) is 18.3 Å². The second-order valence-corrected chi connectivity index (χ2v) is 5.05. The molecule has 0 unspecified atom stereocenters. The Morgan fingerprint density at radius 1 is 1.17 bits per heavy atom. The molecule has 6 nitrogen and oxygen atoms in total. The number of fused-ring (bicyclic) bond motifs is 1. The van der Waals surface area contributed by atoms with Gasteiger partial charge in [-0.3, -0.25) is 4.79 Å². The van der Waals surface area contributed by atoms with Gasteiger partial charge in [0.25, 0.3) is 0 Å². The van der Waals surface area contributed by atoms with Crippen molar-refractivity contribution in [3.05, 3.63) is 48.7 Å². The number of carbonyl (C=O) groups excluding carboxylic acids is 1. The number of hydrogen-bond acceptors (Lipinski definition) is 4. The summed E-state index contributed by atoms with van der Waals surface area (Å²) in [6.45, 7) is 0.789. The zero-order valence-corrected chi connectivity index (χ0v) is 12.5. The number of anilines is 1. The molecule has 0 radical (unpaired) electrons.